The van der Waals surface area contributed by atoms with E-state index in [1.54, 1.807) is 4.90 Å². The van der Waals surface area contributed by atoms with Crippen LogP contribution in [-0.4, -0.2) is 334 Å². The lowest BCUT2D eigenvalue weighted by molar-refractivity contribution is -0.158. The minimum absolute atomic E-state index is 0.0102. The number of β-amino-alcohol motifs (C(OH)–C–C–N with tert-alkyl or cyclic N) is 2. The van der Waals surface area contributed by atoms with Crippen molar-refractivity contribution in [2.75, 3.05) is 183 Å². The monoisotopic (exact) mass is 1190 g/mol. The van der Waals surface area contributed by atoms with Gasteiger partial charge in [0.2, 0.25) is 0 Å². The number of aliphatic hydroxyl groups excluding tert-OH is 7. The standard InChI is InChI=1S/C61H123N9O13/c1-56(2,3)44-67-29-25-62(19-21-64(40-51(76)81-59(10,11)12)23-24-66(27-31-67)42-53(78)83-61(16,17)18)35-47(72)37-70(39-49(74)54(79)55(80)50(75)43-71)38-48(73)36-63-20-22-65(41-52(77)82-60(13,14)15)28-32-69(46-58(7,8)9)34-33-68(30-26-63)45-57(4,5)6/h47-50,54-55,71-75,79-80H,19-46H2,1-18H3. The van der Waals surface area contributed by atoms with E-state index in [-0.39, 0.29) is 86.5 Å². The molecule has 22 heteroatoms. The van der Waals surface area contributed by atoms with Crippen LogP contribution in [0.15, 0.2) is 0 Å². The van der Waals surface area contributed by atoms with E-state index in [1.165, 1.54) is 0 Å². The average molecular weight is 1190 g/mol. The molecule has 6 unspecified atom stereocenters. The first-order valence-electron chi connectivity index (χ1n) is 30.8. The molecule has 0 spiro atoms. The summed E-state index contributed by atoms with van der Waals surface area (Å²) in [5.74, 6) is -1.01. The molecule has 490 valence electrons. The van der Waals surface area contributed by atoms with Crippen molar-refractivity contribution in [1.82, 2.24) is 44.1 Å². The van der Waals surface area contributed by atoms with E-state index < -0.39 is 60.0 Å². The molecule has 0 bridgehead atoms. The molecule has 0 saturated carbocycles. The minimum atomic E-state index is -1.87. The van der Waals surface area contributed by atoms with E-state index in [2.05, 4.69) is 96.6 Å². The normalized spacial score (nSPS) is 21.2. The van der Waals surface area contributed by atoms with Crippen molar-refractivity contribution in [3.8, 4) is 0 Å². The lowest BCUT2D eigenvalue weighted by atomic mass is 9.95. The lowest BCUT2D eigenvalue weighted by Gasteiger charge is -2.38. The molecule has 2 rings (SSSR count). The maximum absolute atomic E-state index is 13.4. The molecule has 0 amide bonds. The third-order valence-corrected chi connectivity index (χ3v) is 13.9. The van der Waals surface area contributed by atoms with Gasteiger partial charge in [0.15, 0.2) is 0 Å². The summed E-state index contributed by atoms with van der Waals surface area (Å²) in [7, 11) is 0. The van der Waals surface area contributed by atoms with Gasteiger partial charge in [-0.2, -0.15) is 0 Å². The highest BCUT2D eigenvalue weighted by Gasteiger charge is 2.34. The van der Waals surface area contributed by atoms with Crippen LogP contribution in [0, 0.1) is 16.2 Å². The van der Waals surface area contributed by atoms with Crippen molar-refractivity contribution in [2.24, 2.45) is 16.2 Å². The highest BCUT2D eigenvalue weighted by Crippen LogP contribution is 2.20. The Kier molecular flexibility index (Phi) is 32.5. The van der Waals surface area contributed by atoms with E-state index in [1.807, 2.05) is 67.2 Å². The summed E-state index contributed by atoms with van der Waals surface area (Å²) in [6.07, 6.45) is -9.20. The molecule has 2 aliphatic rings. The number of esters is 3. The molecule has 0 aromatic heterocycles. The molecule has 2 saturated heterocycles. The fourth-order valence-electron chi connectivity index (χ4n) is 10.6. The maximum Gasteiger partial charge on any atom is 0.320 e. The Bertz CT molecular complexity index is 1850. The van der Waals surface area contributed by atoms with E-state index >= 15 is 0 Å². The summed E-state index contributed by atoms with van der Waals surface area (Å²) in [4.78, 5) is 59.5. The zero-order valence-corrected chi connectivity index (χ0v) is 55.4. The highest BCUT2D eigenvalue weighted by molar-refractivity contribution is 5.73. The number of hydrogen-bond acceptors (Lipinski definition) is 22. The molecular weight excluding hydrogens is 1070 g/mol. The number of ether oxygens (including phenoxy) is 3. The van der Waals surface area contributed by atoms with Crippen LogP contribution in [0.3, 0.4) is 0 Å². The van der Waals surface area contributed by atoms with Gasteiger partial charge in [-0.05, 0) is 78.6 Å². The van der Waals surface area contributed by atoms with Gasteiger partial charge in [-0.3, -0.25) is 43.8 Å². The number of aliphatic hydroxyl groups is 7. The van der Waals surface area contributed by atoms with Crippen LogP contribution < -0.4 is 0 Å². The Hall–Kier alpha value is -2.23. The number of hydrogen-bond donors (Lipinski definition) is 7. The third kappa shape index (κ3) is 37.3. The Labute approximate surface area is 502 Å². The SMILES string of the molecule is CC(C)(C)CN1CCN(CC(=O)OC(C)(C)C)CCN(CC(=O)OC(C)(C)C)CCN(CC(O)CN(CC(O)CN2CCN(CC(=O)OC(C)(C)C)CCN(CC(C)(C)C)CCN(CC(C)(C)C)CC2)CC(O)C(O)C(O)C(O)CO)CC1. The first kappa shape index (κ1) is 76.9. The molecule has 7 N–H and O–H groups in total. The van der Waals surface area contributed by atoms with Crippen LogP contribution in [0.25, 0.3) is 0 Å². The molecule has 6 atom stereocenters. The van der Waals surface area contributed by atoms with E-state index in [0.717, 1.165) is 45.8 Å². The summed E-state index contributed by atoms with van der Waals surface area (Å²) in [6.45, 7) is 48.0. The van der Waals surface area contributed by atoms with Gasteiger partial charge in [0.05, 0.1) is 44.6 Å². The van der Waals surface area contributed by atoms with Crippen molar-refractivity contribution < 1.29 is 64.3 Å². The zero-order chi connectivity index (χ0) is 63.3. The van der Waals surface area contributed by atoms with Gasteiger partial charge in [0.25, 0.3) is 0 Å². The minimum Gasteiger partial charge on any atom is -0.459 e. The van der Waals surface area contributed by atoms with Crippen molar-refractivity contribution >= 4 is 17.9 Å². The number of carbonyl (C=O) groups is 3. The molecule has 2 aliphatic heterocycles. The van der Waals surface area contributed by atoms with Gasteiger partial charge in [-0.15, -0.1) is 0 Å². The second kappa shape index (κ2) is 35.1. The molecule has 0 radical (unpaired) electrons. The third-order valence-electron chi connectivity index (χ3n) is 13.9. The predicted molar refractivity (Wildman–Crippen MR) is 327 cm³/mol. The molecule has 0 aliphatic carbocycles. The van der Waals surface area contributed by atoms with Crippen LogP contribution in [0.1, 0.15) is 125 Å². The number of carbonyl (C=O) groups excluding carboxylic acids is 3. The van der Waals surface area contributed by atoms with Crippen molar-refractivity contribution in [2.45, 2.75) is 178 Å². The van der Waals surface area contributed by atoms with E-state index in [9.17, 15) is 50.1 Å². The molecular formula is C61H123N9O13. The fourth-order valence-corrected chi connectivity index (χ4v) is 10.6. The fraction of sp³-hybridized carbons (Fsp3) is 0.951. The Morgan fingerprint density at radius 1 is 0.361 bits per heavy atom. The van der Waals surface area contributed by atoms with Crippen molar-refractivity contribution in [1.29, 1.82) is 0 Å². The van der Waals surface area contributed by atoms with E-state index in [4.69, 9.17) is 14.2 Å². The molecule has 0 aromatic carbocycles. The van der Waals surface area contributed by atoms with Crippen molar-refractivity contribution in [3.05, 3.63) is 0 Å². The highest BCUT2D eigenvalue weighted by atomic mass is 16.6. The maximum atomic E-state index is 13.4. The average Bonchev–Trinajstić information content (AvgIpc) is 3.34. The summed E-state index contributed by atoms with van der Waals surface area (Å²) < 4.78 is 17.3. The molecule has 2 heterocycles. The van der Waals surface area contributed by atoms with Gasteiger partial charge < -0.3 is 64.7 Å². The zero-order valence-electron chi connectivity index (χ0n) is 55.4. The summed E-state index contributed by atoms with van der Waals surface area (Å²) in [6, 6.07) is 0. The van der Waals surface area contributed by atoms with Gasteiger partial charge >= 0.3 is 17.9 Å². The molecule has 22 nitrogen and oxygen atoms in total. The molecule has 2 fully saturated rings. The van der Waals surface area contributed by atoms with Crippen molar-refractivity contribution in [3.63, 3.8) is 0 Å². The van der Waals surface area contributed by atoms with Gasteiger partial charge in [-0.1, -0.05) is 62.3 Å². The Balaban J connectivity index is 2.55. The second-order valence-corrected chi connectivity index (χ2v) is 30.5. The molecule has 0 aromatic rings. The summed E-state index contributed by atoms with van der Waals surface area (Å²) in [5.41, 5.74) is -1.96. The topological polar surface area (TPSA) is 250 Å². The smallest absolute Gasteiger partial charge is 0.320 e. The van der Waals surface area contributed by atoms with Gasteiger partial charge in [0.1, 0.15) is 35.1 Å². The second-order valence-electron chi connectivity index (χ2n) is 30.5. The van der Waals surface area contributed by atoms with Gasteiger partial charge in [-0.25, -0.2) is 0 Å². The first-order valence-corrected chi connectivity index (χ1v) is 30.8. The van der Waals surface area contributed by atoms with Crippen LogP contribution in [-0.2, 0) is 28.6 Å². The van der Waals surface area contributed by atoms with Gasteiger partial charge in [0, 0.05) is 157 Å². The largest absolute Gasteiger partial charge is 0.459 e. The predicted octanol–water partition coefficient (Wildman–Crippen LogP) is 1.05. The first-order chi connectivity index (χ1) is 37.9. The molecule has 83 heavy (non-hydrogen) atoms. The van der Waals surface area contributed by atoms with E-state index in [0.29, 0.717) is 78.5 Å². The summed E-state index contributed by atoms with van der Waals surface area (Å²) in [5, 5.41) is 77.4. The number of rotatable bonds is 23. The number of nitrogens with zero attached hydrogens (tertiary/aromatic N) is 9. The summed E-state index contributed by atoms with van der Waals surface area (Å²) >= 11 is 0. The van der Waals surface area contributed by atoms with Crippen LogP contribution >= 0.6 is 0 Å². The quantitative estimate of drug-likeness (QED) is 0.0558. The van der Waals surface area contributed by atoms with Crippen LogP contribution in [0.4, 0.5) is 0 Å². The van der Waals surface area contributed by atoms with Crippen LogP contribution in [0.5, 0.6) is 0 Å². The Morgan fingerprint density at radius 2 is 0.590 bits per heavy atom. The van der Waals surface area contributed by atoms with Crippen LogP contribution in [0.2, 0.25) is 0 Å². The Morgan fingerprint density at radius 3 is 0.819 bits per heavy atom. The lowest BCUT2D eigenvalue weighted by Crippen LogP contribution is -2.54.